The summed E-state index contributed by atoms with van der Waals surface area (Å²) in [6.45, 7) is 4.72. The molecule has 0 aliphatic rings. The summed E-state index contributed by atoms with van der Waals surface area (Å²) in [7, 11) is 0. The second-order valence-electron chi connectivity index (χ2n) is 6.94. The second kappa shape index (κ2) is 6.72. The topological polar surface area (TPSA) is 96.6 Å². The maximum absolute atomic E-state index is 12.3. The van der Waals surface area contributed by atoms with Crippen molar-refractivity contribution in [2.24, 2.45) is 0 Å². The number of carboxylic acids is 1. The molecule has 6 nitrogen and oxygen atoms in total. The highest BCUT2D eigenvalue weighted by Gasteiger charge is 2.29. The van der Waals surface area contributed by atoms with Gasteiger partial charge in [0.25, 0.3) is 5.91 Å². The zero-order valence-electron chi connectivity index (χ0n) is 15.2. The summed E-state index contributed by atoms with van der Waals surface area (Å²) in [6.07, 6.45) is 0. The molecule has 138 valence electrons. The molecule has 1 aromatic heterocycles. The third kappa shape index (κ3) is 3.74. The molecule has 3 aromatic rings. The van der Waals surface area contributed by atoms with Crippen molar-refractivity contribution in [3.8, 4) is 11.3 Å². The third-order valence-corrected chi connectivity index (χ3v) is 4.27. The largest absolute Gasteiger partial charge is 0.480 e. The van der Waals surface area contributed by atoms with Crippen LogP contribution in [-0.2, 0) is 4.79 Å². The first-order chi connectivity index (χ1) is 12.7. The van der Waals surface area contributed by atoms with Crippen LogP contribution in [0.25, 0.3) is 22.3 Å². The van der Waals surface area contributed by atoms with Gasteiger partial charge in [-0.3, -0.25) is 9.59 Å². The molecule has 0 fully saturated rings. The standard InChI is InChI=1S/C21H19NO5/c1-12-4-9-17-15(10-12)16(23)11-18(27-17)13-5-7-14(8-6-13)19(24)22-21(2,3)20(25)26/h4-11H,1-3H3,(H,22,24)(H,25,26). The Hall–Kier alpha value is -3.41. The molecule has 0 aliphatic heterocycles. The van der Waals surface area contributed by atoms with E-state index in [0.717, 1.165) is 5.56 Å². The number of hydrogen-bond donors (Lipinski definition) is 2. The minimum Gasteiger partial charge on any atom is -0.480 e. The number of rotatable bonds is 4. The van der Waals surface area contributed by atoms with Crippen molar-refractivity contribution in [1.29, 1.82) is 0 Å². The van der Waals surface area contributed by atoms with Crippen LogP contribution in [0.4, 0.5) is 0 Å². The van der Waals surface area contributed by atoms with Crippen LogP contribution in [0.1, 0.15) is 29.8 Å². The zero-order chi connectivity index (χ0) is 19.8. The first kappa shape index (κ1) is 18.4. The average molecular weight is 365 g/mol. The molecule has 0 bridgehead atoms. The number of carbonyl (C=O) groups excluding carboxylic acids is 1. The number of fused-ring (bicyclic) bond motifs is 1. The normalized spacial score (nSPS) is 11.4. The van der Waals surface area contributed by atoms with Gasteiger partial charge in [-0.05, 0) is 45.0 Å². The van der Waals surface area contributed by atoms with E-state index in [-0.39, 0.29) is 5.43 Å². The maximum atomic E-state index is 12.3. The molecule has 3 rings (SSSR count). The van der Waals surface area contributed by atoms with Gasteiger partial charge in [-0.2, -0.15) is 0 Å². The SMILES string of the molecule is Cc1ccc2oc(-c3ccc(C(=O)NC(C)(C)C(=O)O)cc3)cc(=O)c2c1. The van der Waals surface area contributed by atoms with Gasteiger partial charge in [0.15, 0.2) is 5.43 Å². The van der Waals surface area contributed by atoms with Crippen molar-refractivity contribution in [2.75, 3.05) is 0 Å². The van der Waals surface area contributed by atoms with Crippen LogP contribution in [0.5, 0.6) is 0 Å². The molecular formula is C21H19NO5. The van der Waals surface area contributed by atoms with Crippen molar-refractivity contribution in [3.63, 3.8) is 0 Å². The lowest BCUT2D eigenvalue weighted by Crippen LogP contribution is -2.49. The van der Waals surface area contributed by atoms with Gasteiger partial charge in [-0.15, -0.1) is 0 Å². The molecule has 0 saturated carbocycles. The molecule has 0 atom stereocenters. The number of amides is 1. The number of hydrogen-bond acceptors (Lipinski definition) is 4. The van der Waals surface area contributed by atoms with E-state index >= 15 is 0 Å². The highest BCUT2D eigenvalue weighted by Crippen LogP contribution is 2.23. The molecule has 0 radical (unpaired) electrons. The van der Waals surface area contributed by atoms with E-state index in [1.165, 1.54) is 19.9 Å². The molecule has 27 heavy (non-hydrogen) atoms. The van der Waals surface area contributed by atoms with Gasteiger partial charge < -0.3 is 14.8 Å². The molecular weight excluding hydrogens is 346 g/mol. The first-order valence-corrected chi connectivity index (χ1v) is 8.38. The van der Waals surface area contributed by atoms with Gasteiger partial charge in [-0.25, -0.2) is 4.79 Å². The van der Waals surface area contributed by atoms with E-state index in [1.54, 1.807) is 36.4 Å². The van der Waals surface area contributed by atoms with Crippen LogP contribution in [0.15, 0.2) is 57.7 Å². The maximum Gasteiger partial charge on any atom is 0.328 e. The minimum absolute atomic E-state index is 0.139. The lowest BCUT2D eigenvalue weighted by Gasteiger charge is -2.21. The van der Waals surface area contributed by atoms with Crippen LogP contribution < -0.4 is 10.7 Å². The molecule has 2 N–H and O–H groups in total. The lowest BCUT2D eigenvalue weighted by molar-refractivity contribution is -0.143. The van der Waals surface area contributed by atoms with Gasteiger partial charge >= 0.3 is 5.97 Å². The molecule has 6 heteroatoms. The van der Waals surface area contributed by atoms with Crippen molar-refractivity contribution in [2.45, 2.75) is 26.3 Å². The van der Waals surface area contributed by atoms with E-state index in [1.807, 2.05) is 13.0 Å². The Morgan fingerprint density at radius 1 is 1.04 bits per heavy atom. The highest BCUT2D eigenvalue weighted by atomic mass is 16.4. The quantitative estimate of drug-likeness (QED) is 0.739. The molecule has 0 unspecified atom stereocenters. The minimum atomic E-state index is -1.38. The Bertz CT molecular complexity index is 1090. The van der Waals surface area contributed by atoms with Crippen molar-refractivity contribution in [1.82, 2.24) is 5.32 Å². The predicted octanol–water partition coefficient (Wildman–Crippen LogP) is 3.36. The van der Waals surface area contributed by atoms with Crippen LogP contribution in [0.2, 0.25) is 0 Å². The third-order valence-electron chi connectivity index (χ3n) is 4.27. The Morgan fingerprint density at radius 2 is 1.70 bits per heavy atom. The van der Waals surface area contributed by atoms with Crippen LogP contribution >= 0.6 is 0 Å². The lowest BCUT2D eigenvalue weighted by atomic mass is 10.0. The summed E-state index contributed by atoms with van der Waals surface area (Å²) in [6, 6.07) is 13.2. The smallest absolute Gasteiger partial charge is 0.328 e. The number of carbonyl (C=O) groups is 2. The van der Waals surface area contributed by atoms with E-state index < -0.39 is 17.4 Å². The van der Waals surface area contributed by atoms with E-state index in [0.29, 0.717) is 27.9 Å². The van der Waals surface area contributed by atoms with Gasteiger partial charge in [0.1, 0.15) is 16.9 Å². The van der Waals surface area contributed by atoms with Gasteiger partial charge in [0, 0.05) is 17.2 Å². The predicted molar refractivity (Wildman–Crippen MR) is 102 cm³/mol. The van der Waals surface area contributed by atoms with Crippen LogP contribution in [-0.4, -0.2) is 22.5 Å². The number of aliphatic carboxylic acids is 1. The zero-order valence-corrected chi connectivity index (χ0v) is 15.2. The van der Waals surface area contributed by atoms with Crippen molar-refractivity contribution < 1.29 is 19.1 Å². The summed E-state index contributed by atoms with van der Waals surface area (Å²) < 4.78 is 5.82. The molecule has 1 amide bonds. The fraction of sp³-hybridized carbons (Fsp3) is 0.190. The number of benzene rings is 2. The van der Waals surface area contributed by atoms with E-state index in [4.69, 9.17) is 9.52 Å². The second-order valence-corrected chi connectivity index (χ2v) is 6.94. The molecule has 0 aliphatic carbocycles. The molecule has 1 heterocycles. The Labute approximate surface area is 155 Å². The van der Waals surface area contributed by atoms with Crippen molar-refractivity contribution in [3.05, 3.63) is 69.9 Å². The molecule has 0 saturated heterocycles. The fourth-order valence-electron chi connectivity index (χ4n) is 2.61. The molecule has 2 aromatic carbocycles. The van der Waals surface area contributed by atoms with E-state index in [9.17, 15) is 14.4 Å². The first-order valence-electron chi connectivity index (χ1n) is 8.38. The summed E-state index contributed by atoms with van der Waals surface area (Å²) in [4.78, 5) is 35.7. The van der Waals surface area contributed by atoms with Crippen molar-refractivity contribution >= 4 is 22.8 Å². The van der Waals surface area contributed by atoms with Gasteiger partial charge in [-0.1, -0.05) is 23.8 Å². The Morgan fingerprint density at radius 3 is 2.33 bits per heavy atom. The summed E-state index contributed by atoms with van der Waals surface area (Å²) in [5, 5.41) is 12.1. The van der Waals surface area contributed by atoms with Gasteiger partial charge in [0.05, 0.1) is 5.39 Å². The summed E-state index contributed by atoms with van der Waals surface area (Å²) in [5.41, 5.74) is 0.907. The number of nitrogens with one attached hydrogen (secondary N) is 1. The molecule has 0 spiro atoms. The summed E-state index contributed by atoms with van der Waals surface area (Å²) >= 11 is 0. The van der Waals surface area contributed by atoms with Crippen LogP contribution in [0.3, 0.4) is 0 Å². The van der Waals surface area contributed by atoms with Gasteiger partial charge in [0.2, 0.25) is 0 Å². The monoisotopic (exact) mass is 365 g/mol. The highest BCUT2D eigenvalue weighted by molar-refractivity contribution is 5.98. The Balaban J connectivity index is 1.91. The number of carboxylic acid groups (broad SMARTS) is 1. The fourth-order valence-corrected chi connectivity index (χ4v) is 2.61. The summed E-state index contributed by atoms with van der Waals surface area (Å²) in [5.74, 6) is -1.22. The number of aryl methyl sites for hydroxylation is 1. The van der Waals surface area contributed by atoms with Crippen LogP contribution in [0, 0.1) is 6.92 Å². The average Bonchev–Trinajstić information content (AvgIpc) is 2.62. The Kier molecular flexibility index (Phi) is 4.57. The van der Waals surface area contributed by atoms with E-state index in [2.05, 4.69) is 5.32 Å².